The van der Waals surface area contributed by atoms with Crippen LogP contribution in [0.1, 0.15) is 71.9 Å². The third kappa shape index (κ3) is 4.65. The summed E-state index contributed by atoms with van der Waals surface area (Å²) >= 11 is 0. The first-order valence-electron chi connectivity index (χ1n) is 11.5. The van der Waals surface area contributed by atoms with Crippen LogP contribution in [0.5, 0.6) is 0 Å². The molecule has 0 bridgehead atoms. The zero-order valence-electron chi connectivity index (χ0n) is 17.6. The van der Waals surface area contributed by atoms with Crippen LogP contribution < -0.4 is 10.6 Å². The Morgan fingerprint density at radius 1 is 0.667 bits per heavy atom. The number of aromatic amines is 2. The summed E-state index contributed by atoms with van der Waals surface area (Å²) in [6, 6.07) is 9.91. The molecule has 4 N–H and O–H groups in total. The second-order valence-corrected chi connectivity index (χ2v) is 8.70. The van der Waals surface area contributed by atoms with E-state index in [-0.39, 0.29) is 0 Å². The van der Waals surface area contributed by atoms with Crippen LogP contribution >= 0.6 is 0 Å². The van der Waals surface area contributed by atoms with Crippen LogP contribution in [0, 0.1) is 0 Å². The van der Waals surface area contributed by atoms with Crippen molar-refractivity contribution in [2.24, 2.45) is 0 Å². The van der Waals surface area contributed by atoms with E-state index in [1.54, 1.807) is 0 Å². The van der Waals surface area contributed by atoms with Gasteiger partial charge in [-0.05, 0) is 75.6 Å². The Labute approximate surface area is 178 Å². The SMILES string of the molecule is c1cc(CCc2cnc([C@@H]3CCCN3)[nH]2)ccc1CCc1cnc([C@@H]2CCCN2)[nH]1. The van der Waals surface area contributed by atoms with E-state index in [9.17, 15) is 0 Å². The van der Waals surface area contributed by atoms with Gasteiger partial charge in [0.1, 0.15) is 11.6 Å². The van der Waals surface area contributed by atoms with Crippen molar-refractivity contribution >= 4 is 0 Å². The van der Waals surface area contributed by atoms with Gasteiger partial charge >= 0.3 is 0 Å². The van der Waals surface area contributed by atoms with Crippen molar-refractivity contribution in [1.29, 1.82) is 0 Å². The molecule has 6 heteroatoms. The van der Waals surface area contributed by atoms with E-state index in [0.717, 1.165) is 50.4 Å². The Hall–Kier alpha value is -2.44. The number of rotatable bonds is 8. The highest BCUT2D eigenvalue weighted by Gasteiger charge is 2.19. The quantitative estimate of drug-likeness (QED) is 0.463. The molecule has 2 saturated heterocycles. The molecular formula is C24H32N6. The van der Waals surface area contributed by atoms with E-state index < -0.39 is 0 Å². The number of hydrogen-bond acceptors (Lipinski definition) is 4. The minimum Gasteiger partial charge on any atom is -0.345 e. The molecule has 2 fully saturated rings. The first-order chi connectivity index (χ1) is 14.8. The number of aromatic nitrogens is 4. The zero-order chi connectivity index (χ0) is 20.2. The van der Waals surface area contributed by atoms with Crippen molar-refractivity contribution in [3.63, 3.8) is 0 Å². The molecule has 0 radical (unpaired) electrons. The molecule has 2 aliphatic heterocycles. The maximum atomic E-state index is 4.57. The highest BCUT2D eigenvalue weighted by Crippen LogP contribution is 2.21. The van der Waals surface area contributed by atoms with Gasteiger partial charge in [-0.3, -0.25) is 0 Å². The minimum absolute atomic E-state index is 0.415. The van der Waals surface area contributed by atoms with Gasteiger partial charge in [-0.2, -0.15) is 0 Å². The maximum Gasteiger partial charge on any atom is 0.123 e. The van der Waals surface area contributed by atoms with Gasteiger partial charge < -0.3 is 20.6 Å². The van der Waals surface area contributed by atoms with E-state index in [4.69, 9.17) is 0 Å². The Balaban J connectivity index is 1.10. The first-order valence-corrected chi connectivity index (χ1v) is 11.5. The number of nitrogens with zero attached hydrogens (tertiary/aromatic N) is 2. The normalized spacial score (nSPS) is 21.5. The average molecular weight is 405 g/mol. The molecule has 6 nitrogen and oxygen atoms in total. The molecule has 4 heterocycles. The Kier molecular flexibility index (Phi) is 5.95. The standard InChI is InChI=1S/C24H32N6/c1-3-21(25-13-1)23-27-15-19(29-23)11-9-17-5-7-18(8-6-17)10-12-20-16-28-24(30-20)22-4-2-14-26-22/h5-8,15-16,21-22,25-26H,1-4,9-14H2,(H,27,29)(H,28,30)/t21-,22-/m0/s1. The van der Waals surface area contributed by atoms with Crippen molar-refractivity contribution in [3.8, 4) is 0 Å². The second-order valence-electron chi connectivity index (χ2n) is 8.70. The summed E-state index contributed by atoms with van der Waals surface area (Å²) in [6.45, 7) is 2.21. The van der Waals surface area contributed by atoms with Crippen molar-refractivity contribution < 1.29 is 0 Å². The summed E-state index contributed by atoms with van der Waals surface area (Å²) in [5, 5.41) is 7.00. The molecule has 0 spiro atoms. The molecule has 158 valence electrons. The molecule has 0 unspecified atom stereocenters. The highest BCUT2D eigenvalue weighted by atomic mass is 15.0. The van der Waals surface area contributed by atoms with E-state index in [1.165, 1.54) is 48.2 Å². The van der Waals surface area contributed by atoms with Crippen molar-refractivity contribution in [1.82, 2.24) is 30.6 Å². The van der Waals surface area contributed by atoms with Gasteiger partial charge in [0, 0.05) is 23.8 Å². The molecule has 3 aromatic rings. The first kappa shape index (κ1) is 19.5. The number of nitrogens with one attached hydrogen (secondary N) is 4. The third-order valence-corrected chi connectivity index (χ3v) is 6.47. The van der Waals surface area contributed by atoms with Crippen LogP contribution in [-0.4, -0.2) is 33.0 Å². The van der Waals surface area contributed by atoms with Gasteiger partial charge in [0.05, 0.1) is 12.1 Å². The third-order valence-electron chi connectivity index (χ3n) is 6.47. The minimum atomic E-state index is 0.415. The monoisotopic (exact) mass is 404 g/mol. The molecule has 0 aliphatic carbocycles. The summed E-state index contributed by atoms with van der Waals surface area (Å²) in [4.78, 5) is 16.2. The van der Waals surface area contributed by atoms with Crippen LogP contribution in [0.4, 0.5) is 0 Å². The fourth-order valence-electron chi connectivity index (χ4n) is 4.63. The van der Waals surface area contributed by atoms with Gasteiger partial charge in [0.2, 0.25) is 0 Å². The fraction of sp³-hybridized carbons (Fsp3) is 0.500. The summed E-state index contributed by atoms with van der Waals surface area (Å²) in [7, 11) is 0. The summed E-state index contributed by atoms with van der Waals surface area (Å²) in [5.74, 6) is 2.20. The van der Waals surface area contributed by atoms with Crippen LogP contribution in [0.25, 0.3) is 0 Å². The predicted octanol–water partition coefficient (Wildman–Crippen LogP) is 3.55. The van der Waals surface area contributed by atoms with Crippen LogP contribution in [0.3, 0.4) is 0 Å². The van der Waals surface area contributed by atoms with Gasteiger partial charge in [-0.25, -0.2) is 9.97 Å². The van der Waals surface area contributed by atoms with Gasteiger partial charge in [-0.1, -0.05) is 24.3 Å². The largest absolute Gasteiger partial charge is 0.345 e. The van der Waals surface area contributed by atoms with Gasteiger partial charge in [-0.15, -0.1) is 0 Å². The molecule has 5 rings (SSSR count). The van der Waals surface area contributed by atoms with Crippen LogP contribution in [0.15, 0.2) is 36.7 Å². The lowest BCUT2D eigenvalue weighted by Crippen LogP contribution is -2.14. The topological polar surface area (TPSA) is 81.4 Å². The van der Waals surface area contributed by atoms with E-state index >= 15 is 0 Å². The summed E-state index contributed by atoms with van der Waals surface area (Å²) in [6.07, 6.45) is 13.0. The molecular weight excluding hydrogens is 372 g/mol. The smallest absolute Gasteiger partial charge is 0.123 e. The maximum absolute atomic E-state index is 4.57. The summed E-state index contributed by atoms with van der Waals surface area (Å²) in [5.41, 5.74) is 5.22. The molecule has 2 aliphatic rings. The lowest BCUT2D eigenvalue weighted by Gasteiger charge is -2.06. The number of H-pyrrole nitrogens is 2. The lowest BCUT2D eigenvalue weighted by atomic mass is 10.0. The number of benzene rings is 1. The fourth-order valence-corrected chi connectivity index (χ4v) is 4.63. The predicted molar refractivity (Wildman–Crippen MR) is 118 cm³/mol. The molecule has 2 atom stereocenters. The van der Waals surface area contributed by atoms with Gasteiger partial charge in [0.15, 0.2) is 0 Å². The Morgan fingerprint density at radius 3 is 1.53 bits per heavy atom. The molecule has 0 saturated carbocycles. The highest BCUT2D eigenvalue weighted by molar-refractivity contribution is 5.24. The van der Waals surface area contributed by atoms with E-state index in [2.05, 4.69) is 54.8 Å². The molecule has 2 aromatic heterocycles. The molecule has 0 amide bonds. The van der Waals surface area contributed by atoms with Crippen LogP contribution in [-0.2, 0) is 25.7 Å². The number of imidazole rings is 2. The Bertz CT molecular complexity index is 852. The summed E-state index contributed by atoms with van der Waals surface area (Å²) < 4.78 is 0. The van der Waals surface area contributed by atoms with E-state index in [0.29, 0.717) is 12.1 Å². The average Bonchev–Trinajstić information content (AvgIpc) is 3.57. The molecule has 1 aromatic carbocycles. The Morgan fingerprint density at radius 2 is 1.13 bits per heavy atom. The molecule has 30 heavy (non-hydrogen) atoms. The lowest BCUT2D eigenvalue weighted by molar-refractivity contribution is 0.611. The number of aryl methyl sites for hydroxylation is 4. The second kappa shape index (κ2) is 9.14. The van der Waals surface area contributed by atoms with Crippen molar-refractivity contribution in [2.45, 2.75) is 63.5 Å². The van der Waals surface area contributed by atoms with Crippen molar-refractivity contribution in [3.05, 3.63) is 70.8 Å². The van der Waals surface area contributed by atoms with Gasteiger partial charge in [0.25, 0.3) is 0 Å². The number of hydrogen-bond donors (Lipinski definition) is 4. The van der Waals surface area contributed by atoms with Crippen molar-refractivity contribution in [2.75, 3.05) is 13.1 Å². The zero-order valence-corrected chi connectivity index (χ0v) is 17.6. The van der Waals surface area contributed by atoms with E-state index in [1.807, 2.05) is 12.4 Å². The van der Waals surface area contributed by atoms with Crippen LogP contribution in [0.2, 0.25) is 0 Å².